The van der Waals surface area contributed by atoms with Crippen molar-refractivity contribution in [1.82, 2.24) is 9.55 Å². The van der Waals surface area contributed by atoms with Gasteiger partial charge in [-0.05, 0) is 18.8 Å². The molecule has 1 heterocycles. The van der Waals surface area contributed by atoms with E-state index in [1.807, 2.05) is 4.57 Å². The lowest BCUT2D eigenvalue weighted by Crippen LogP contribution is -2.06. The van der Waals surface area contributed by atoms with Gasteiger partial charge >= 0.3 is 0 Å². The average Bonchev–Trinajstić information content (AvgIpc) is 2.66. The lowest BCUT2D eigenvalue weighted by molar-refractivity contribution is 0.100. The molecule has 1 aliphatic rings. The molecule has 0 spiro atoms. The van der Waals surface area contributed by atoms with Gasteiger partial charge in [-0.25, -0.2) is 4.98 Å². The summed E-state index contributed by atoms with van der Waals surface area (Å²) in [5.74, 6) is 0.894. The number of imidazole rings is 1. The summed E-state index contributed by atoms with van der Waals surface area (Å²) in [6.45, 7) is 2.55. The maximum Gasteiger partial charge on any atom is 0.177 e. The minimum atomic E-state index is 0.105. The largest absolute Gasteiger partial charge is 0.328 e. The van der Waals surface area contributed by atoms with Crippen LogP contribution in [0.4, 0.5) is 0 Å². The molecule has 3 nitrogen and oxygen atoms in total. The molecule has 0 amide bonds. The molecule has 2 rings (SSSR count). The third kappa shape index (κ3) is 1.40. The van der Waals surface area contributed by atoms with Crippen LogP contribution in [0.1, 0.15) is 30.3 Å². The highest BCUT2D eigenvalue weighted by Gasteiger charge is 2.22. The van der Waals surface area contributed by atoms with Crippen molar-refractivity contribution in [1.29, 1.82) is 0 Å². The van der Waals surface area contributed by atoms with Gasteiger partial charge in [-0.2, -0.15) is 0 Å². The van der Waals surface area contributed by atoms with Gasteiger partial charge in [0.25, 0.3) is 0 Å². The van der Waals surface area contributed by atoms with E-state index in [4.69, 9.17) is 0 Å². The van der Waals surface area contributed by atoms with E-state index in [1.54, 1.807) is 19.4 Å². The lowest BCUT2D eigenvalue weighted by Gasteiger charge is -2.02. The Morgan fingerprint density at radius 3 is 3.08 bits per heavy atom. The summed E-state index contributed by atoms with van der Waals surface area (Å²) < 4.78 is 1.96. The fraction of sp³-hybridized carbons (Fsp3) is 0.556. The minimum Gasteiger partial charge on any atom is -0.328 e. The normalized spacial score (nSPS) is 16.4. The molecule has 0 unspecified atom stereocenters. The fourth-order valence-electron chi connectivity index (χ4n) is 1.34. The second-order valence-corrected chi connectivity index (χ2v) is 3.43. The van der Waals surface area contributed by atoms with E-state index >= 15 is 0 Å². The van der Waals surface area contributed by atoms with Crippen LogP contribution >= 0.6 is 0 Å². The van der Waals surface area contributed by atoms with Gasteiger partial charge in [0, 0.05) is 13.5 Å². The van der Waals surface area contributed by atoms with Gasteiger partial charge in [0.05, 0.1) is 12.5 Å². The molecular formula is C9H12N2O. The highest BCUT2D eigenvalue weighted by molar-refractivity contribution is 5.92. The highest BCUT2D eigenvalue weighted by atomic mass is 16.1. The van der Waals surface area contributed by atoms with Gasteiger partial charge in [-0.15, -0.1) is 0 Å². The number of carbonyl (C=O) groups is 1. The number of carbonyl (C=O) groups excluding carboxylic acids is 1. The Bertz CT molecular complexity index is 299. The second kappa shape index (κ2) is 2.73. The van der Waals surface area contributed by atoms with Crippen LogP contribution in [0.5, 0.6) is 0 Å². The molecule has 1 aromatic heterocycles. The molecule has 1 saturated carbocycles. The smallest absolute Gasteiger partial charge is 0.177 e. The van der Waals surface area contributed by atoms with Crippen LogP contribution in [-0.2, 0) is 6.54 Å². The standard InChI is InChI=1S/C9H12N2O/c1-7(12)9-4-10-6-11(9)5-8-2-3-8/h4,6,8H,2-3,5H2,1H3. The Kier molecular flexibility index (Phi) is 1.71. The molecule has 1 aromatic rings. The first-order valence-electron chi connectivity index (χ1n) is 4.28. The fourth-order valence-corrected chi connectivity index (χ4v) is 1.34. The van der Waals surface area contributed by atoms with Crippen molar-refractivity contribution in [3.63, 3.8) is 0 Å². The lowest BCUT2D eigenvalue weighted by atomic mass is 10.3. The van der Waals surface area contributed by atoms with Gasteiger partial charge in [-0.1, -0.05) is 0 Å². The summed E-state index contributed by atoms with van der Waals surface area (Å²) >= 11 is 0. The van der Waals surface area contributed by atoms with Gasteiger partial charge in [0.1, 0.15) is 5.69 Å². The van der Waals surface area contributed by atoms with Crippen molar-refractivity contribution in [2.24, 2.45) is 5.92 Å². The van der Waals surface area contributed by atoms with Crippen molar-refractivity contribution in [2.75, 3.05) is 0 Å². The van der Waals surface area contributed by atoms with Crippen LogP contribution in [0.25, 0.3) is 0 Å². The molecule has 0 aromatic carbocycles. The van der Waals surface area contributed by atoms with Crippen LogP contribution in [0.3, 0.4) is 0 Å². The molecule has 0 radical (unpaired) electrons. The molecule has 64 valence electrons. The Morgan fingerprint density at radius 2 is 2.50 bits per heavy atom. The summed E-state index contributed by atoms with van der Waals surface area (Å²) in [7, 11) is 0. The number of hydrogen-bond acceptors (Lipinski definition) is 2. The third-order valence-electron chi connectivity index (χ3n) is 2.22. The molecule has 0 saturated heterocycles. The molecule has 0 aliphatic heterocycles. The average molecular weight is 164 g/mol. The summed E-state index contributed by atoms with van der Waals surface area (Å²) in [5, 5.41) is 0. The molecule has 0 atom stereocenters. The Morgan fingerprint density at radius 1 is 1.75 bits per heavy atom. The topological polar surface area (TPSA) is 34.9 Å². The maximum atomic E-state index is 11.1. The second-order valence-electron chi connectivity index (χ2n) is 3.43. The maximum absolute atomic E-state index is 11.1. The van der Waals surface area contributed by atoms with E-state index in [0.717, 1.165) is 18.2 Å². The summed E-state index contributed by atoms with van der Waals surface area (Å²) in [6.07, 6.45) is 5.99. The number of ketones is 1. The van der Waals surface area contributed by atoms with Crippen molar-refractivity contribution in [3.05, 3.63) is 18.2 Å². The molecule has 0 N–H and O–H groups in total. The van der Waals surface area contributed by atoms with Gasteiger partial charge in [-0.3, -0.25) is 4.79 Å². The zero-order valence-electron chi connectivity index (χ0n) is 7.16. The zero-order chi connectivity index (χ0) is 8.55. The van der Waals surface area contributed by atoms with Crippen LogP contribution < -0.4 is 0 Å². The number of nitrogens with zero attached hydrogens (tertiary/aromatic N) is 2. The van der Waals surface area contributed by atoms with Gasteiger partial charge < -0.3 is 4.57 Å². The van der Waals surface area contributed by atoms with Crippen LogP contribution in [0, 0.1) is 5.92 Å². The molecule has 0 bridgehead atoms. The SMILES string of the molecule is CC(=O)c1cncn1CC1CC1. The molecule has 12 heavy (non-hydrogen) atoms. The summed E-state index contributed by atoms with van der Waals surface area (Å²) in [5.41, 5.74) is 0.738. The van der Waals surface area contributed by atoms with Crippen LogP contribution in [-0.4, -0.2) is 15.3 Å². The number of aromatic nitrogens is 2. The molecule has 1 fully saturated rings. The van der Waals surface area contributed by atoms with Crippen molar-refractivity contribution in [2.45, 2.75) is 26.3 Å². The first kappa shape index (κ1) is 7.53. The highest BCUT2D eigenvalue weighted by Crippen LogP contribution is 2.30. The monoisotopic (exact) mass is 164 g/mol. The number of rotatable bonds is 3. The number of hydrogen-bond donors (Lipinski definition) is 0. The van der Waals surface area contributed by atoms with Crippen LogP contribution in [0.2, 0.25) is 0 Å². The van der Waals surface area contributed by atoms with Crippen LogP contribution in [0.15, 0.2) is 12.5 Å². The zero-order valence-corrected chi connectivity index (χ0v) is 7.16. The third-order valence-corrected chi connectivity index (χ3v) is 2.22. The predicted molar refractivity (Wildman–Crippen MR) is 45.0 cm³/mol. The first-order valence-corrected chi connectivity index (χ1v) is 4.28. The van der Waals surface area contributed by atoms with Crippen molar-refractivity contribution in [3.8, 4) is 0 Å². The van der Waals surface area contributed by atoms with E-state index in [0.29, 0.717) is 0 Å². The first-order chi connectivity index (χ1) is 5.77. The van der Waals surface area contributed by atoms with Gasteiger partial charge in [0.15, 0.2) is 5.78 Å². The Hall–Kier alpha value is -1.12. The number of Topliss-reactive ketones (excluding diaryl/α,β-unsaturated/α-hetero) is 1. The van der Waals surface area contributed by atoms with Crippen molar-refractivity contribution >= 4 is 5.78 Å². The summed E-state index contributed by atoms with van der Waals surface area (Å²) in [6, 6.07) is 0. The molecular weight excluding hydrogens is 152 g/mol. The van der Waals surface area contributed by atoms with E-state index in [1.165, 1.54) is 12.8 Å². The van der Waals surface area contributed by atoms with Gasteiger partial charge in [0.2, 0.25) is 0 Å². The molecule has 1 aliphatic carbocycles. The van der Waals surface area contributed by atoms with E-state index in [-0.39, 0.29) is 5.78 Å². The Balaban J connectivity index is 2.17. The Labute approximate surface area is 71.4 Å². The summed E-state index contributed by atoms with van der Waals surface area (Å²) in [4.78, 5) is 15.0. The minimum absolute atomic E-state index is 0.105. The molecule has 3 heteroatoms. The van der Waals surface area contributed by atoms with E-state index in [2.05, 4.69) is 4.98 Å². The van der Waals surface area contributed by atoms with E-state index < -0.39 is 0 Å². The predicted octanol–water partition coefficient (Wildman–Crippen LogP) is 1.50. The van der Waals surface area contributed by atoms with E-state index in [9.17, 15) is 4.79 Å². The van der Waals surface area contributed by atoms with Crippen molar-refractivity contribution < 1.29 is 4.79 Å². The quantitative estimate of drug-likeness (QED) is 0.634.